The molecule has 0 fully saturated rings. The number of hydrogen-bond acceptors (Lipinski definition) is 4. The predicted octanol–water partition coefficient (Wildman–Crippen LogP) is 15.0. The lowest BCUT2D eigenvalue weighted by Crippen LogP contribution is -2.31. The van der Waals surface area contributed by atoms with Crippen LogP contribution < -0.4 is 10.1 Å². The molecule has 0 N–H and O–H groups in total. The predicted molar refractivity (Wildman–Crippen MR) is 266 cm³/mol. The van der Waals surface area contributed by atoms with Gasteiger partial charge < -0.3 is 0 Å². The summed E-state index contributed by atoms with van der Waals surface area (Å²) in [6.45, 7) is 0. The summed E-state index contributed by atoms with van der Waals surface area (Å²) in [5.41, 5.74) is 14.4. The summed E-state index contributed by atoms with van der Waals surface area (Å²) < 4.78 is 2.34. The molecule has 0 saturated carbocycles. The first-order valence-electron chi connectivity index (χ1n) is 22.0. The van der Waals surface area contributed by atoms with E-state index in [0.29, 0.717) is 0 Å². The molecule has 2 aromatic heterocycles. The maximum atomic E-state index is 6.78. The molecule has 308 valence electrons. The van der Waals surface area contributed by atoms with Crippen LogP contribution in [0.5, 0.6) is 0 Å². The number of benzene rings is 9. The fourth-order valence-corrected chi connectivity index (χ4v) is 9.92. The van der Waals surface area contributed by atoms with Gasteiger partial charge in [-0.25, -0.2) is 4.98 Å². The zero-order valence-electron chi connectivity index (χ0n) is 35.4. The highest BCUT2D eigenvalue weighted by Gasteiger charge is 2.40. The van der Waals surface area contributed by atoms with E-state index in [9.17, 15) is 0 Å². The second-order valence-electron chi connectivity index (χ2n) is 16.4. The molecule has 3 heterocycles. The SMILES string of the molecule is c1ccc(-c2ccccc2-c2ccnc(-n3c4ccccc4c4ccc(C(c5ccccc5)(c5ccccc5)c5cccc(N6ON(c7ccccc7)c7ccccc76)c5)cc43)c2)cc1. The van der Waals surface area contributed by atoms with Crippen LogP contribution in [-0.2, 0) is 10.4 Å². The summed E-state index contributed by atoms with van der Waals surface area (Å²) in [6.07, 6.45) is 1.94. The average Bonchev–Trinajstić information content (AvgIpc) is 3.94. The first-order chi connectivity index (χ1) is 32.3. The van der Waals surface area contributed by atoms with Crippen molar-refractivity contribution in [2.75, 3.05) is 10.1 Å². The Morgan fingerprint density at radius 1 is 0.354 bits per heavy atom. The molecule has 0 bridgehead atoms. The Morgan fingerprint density at radius 3 is 1.58 bits per heavy atom. The van der Waals surface area contributed by atoms with Gasteiger partial charge in [0, 0.05) is 17.0 Å². The lowest BCUT2D eigenvalue weighted by atomic mass is 9.65. The van der Waals surface area contributed by atoms with E-state index in [1.165, 1.54) is 16.5 Å². The number of anilines is 4. The minimum Gasteiger partial charge on any atom is -0.294 e. The number of fused-ring (bicyclic) bond motifs is 4. The van der Waals surface area contributed by atoms with Crippen molar-refractivity contribution >= 4 is 44.6 Å². The fourth-order valence-electron chi connectivity index (χ4n) is 9.92. The van der Waals surface area contributed by atoms with Gasteiger partial charge in [-0.2, -0.15) is 10.1 Å². The number of para-hydroxylation sites is 4. The zero-order valence-corrected chi connectivity index (χ0v) is 35.4. The third-order valence-corrected chi connectivity index (χ3v) is 12.8. The summed E-state index contributed by atoms with van der Waals surface area (Å²) in [5.74, 6) is 0.855. The van der Waals surface area contributed by atoms with Crippen molar-refractivity contribution in [2.45, 2.75) is 5.41 Å². The van der Waals surface area contributed by atoms with Gasteiger partial charge in [-0.05, 0) is 105 Å². The van der Waals surface area contributed by atoms with E-state index in [0.717, 1.165) is 78.4 Å². The molecule has 12 rings (SSSR count). The topological polar surface area (TPSA) is 33.5 Å². The minimum atomic E-state index is -0.754. The van der Waals surface area contributed by atoms with Crippen molar-refractivity contribution in [1.29, 1.82) is 0 Å². The minimum absolute atomic E-state index is 0.754. The van der Waals surface area contributed by atoms with Gasteiger partial charge in [0.05, 0.1) is 39.2 Å². The van der Waals surface area contributed by atoms with Gasteiger partial charge in [0.15, 0.2) is 0 Å². The maximum Gasteiger partial charge on any atom is 0.138 e. The molecule has 11 aromatic rings. The van der Waals surface area contributed by atoms with Crippen molar-refractivity contribution in [3.05, 3.63) is 277 Å². The van der Waals surface area contributed by atoms with E-state index in [4.69, 9.17) is 9.92 Å². The Morgan fingerprint density at radius 2 is 0.877 bits per heavy atom. The van der Waals surface area contributed by atoms with Crippen LogP contribution in [0.2, 0.25) is 0 Å². The van der Waals surface area contributed by atoms with Gasteiger partial charge in [0.1, 0.15) is 5.82 Å². The van der Waals surface area contributed by atoms with Crippen molar-refractivity contribution in [3.8, 4) is 28.1 Å². The Bertz CT molecular complexity index is 3440. The monoisotopic (exact) mass is 834 g/mol. The van der Waals surface area contributed by atoms with E-state index in [2.05, 4.69) is 235 Å². The first kappa shape index (κ1) is 38.2. The highest BCUT2D eigenvalue weighted by Crippen LogP contribution is 2.50. The van der Waals surface area contributed by atoms with E-state index in [1.807, 2.05) is 34.5 Å². The van der Waals surface area contributed by atoms with E-state index in [-0.39, 0.29) is 0 Å². The molecule has 5 nitrogen and oxygen atoms in total. The maximum absolute atomic E-state index is 6.78. The van der Waals surface area contributed by atoms with Crippen LogP contribution in [0.4, 0.5) is 22.7 Å². The molecular formula is C60H42N4O. The zero-order chi connectivity index (χ0) is 43.2. The third kappa shape index (κ3) is 6.40. The van der Waals surface area contributed by atoms with Crippen LogP contribution in [-0.4, -0.2) is 9.55 Å². The number of aromatic nitrogens is 2. The molecule has 0 radical (unpaired) electrons. The summed E-state index contributed by atoms with van der Waals surface area (Å²) >= 11 is 0. The van der Waals surface area contributed by atoms with Gasteiger partial charge in [0.2, 0.25) is 0 Å². The molecule has 0 amide bonds. The van der Waals surface area contributed by atoms with Crippen LogP contribution in [0.3, 0.4) is 0 Å². The molecule has 1 aliphatic heterocycles. The summed E-state index contributed by atoms with van der Waals surface area (Å²) in [6, 6.07) is 88.5. The molecule has 0 spiro atoms. The standard InChI is InChI=1S/C60H42N4O/c1-5-20-43(21-6-1)51-30-13-14-31-52(51)44-38-39-61-59(40-44)62-55-33-16-15-32-53(55)54-37-36-48(42-58(54)62)60(45-22-7-2-8-23-45,46-24-9-3-10-25-46)47-26-19-29-50(41-47)64-57-35-18-17-34-56(57)63(65-64)49-27-11-4-12-28-49/h1-42H. The van der Waals surface area contributed by atoms with E-state index in [1.54, 1.807) is 0 Å². The van der Waals surface area contributed by atoms with Gasteiger partial charge >= 0.3 is 0 Å². The van der Waals surface area contributed by atoms with Gasteiger partial charge in [-0.15, -0.1) is 4.94 Å². The van der Waals surface area contributed by atoms with Gasteiger partial charge in [0.25, 0.3) is 0 Å². The second kappa shape index (κ2) is 16.0. The largest absolute Gasteiger partial charge is 0.294 e. The van der Waals surface area contributed by atoms with Crippen molar-refractivity contribution in [3.63, 3.8) is 0 Å². The molecule has 9 aromatic carbocycles. The van der Waals surface area contributed by atoms with Crippen LogP contribution >= 0.6 is 0 Å². The van der Waals surface area contributed by atoms with Crippen molar-refractivity contribution < 1.29 is 4.94 Å². The van der Waals surface area contributed by atoms with E-state index >= 15 is 0 Å². The quantitative estimate of drug-likeness (QED) is 0.136. The average molecular weight is 835 g/mol. The van der Waals surface area contributed by atoms with Crippen LogP contribution in [0.1, 0.15) is 22.3 Å². The Balaban J connectivity index is 1.08. The van der Waals surface area contributed by atoms with Crippen molar-refractivity contribution in [2.24, 2.45) is 0 Å². The number of hydrogen-bond donors (Lipinski definition) is 0. The Kier molecular flexibility index (Phi) is 9.40. The lowest BCUT2D eigenvalue weighted by Gasteiger charge is -2.37. The summed E-state index contributed by atoms with van der Waals surface area (Å²) in [5, 5.41) is 6.18. The van der Waals surface area contributed by atoms with Crippen molar-refractivity contribution in [1.82, 2.24) is 9.55 Å². The Hall–Kier alpha value is -8.51. The molecule has 5 heteroatoms. The first-order valence-corrected chi connectivity index (χ1v) is 22.0. The number of nitrogens with zero attached hydrogens (tertiary/aromatic N) is 4. The molecule has 0 aliphatic carbocycles. The molecule has 0 saturated heterocycles. The van der Waals surface area contributed by atoms with E-state index < -0.39 is 5.41 Å². The molecule has 1 aliphatic rings. The van der Waals surface area contributed by atoms with Crippen LogP contribution in [0.15, 0.2) is 255 Å². The highest BCUT2D eigenvalue weighted by atomic mass is 16.8. The van der Waals surface area contributed by atoms with Crippen LogP contribution in [0, 0.1) is 0 Å². The molecule has 0 atom stereocenters. The number of pyridine rings is 1. The fraction of sp³-hybridized carbons (Fsp3) is 0.0167. The molecular weight excluding hydrogens is 793 g/mol. The molecule has 65 heavy (non-hydrogen) atoms. The van der Waals surface area contributed by atoms with Gasteiger partial charge in [-0.1, -0.05) is 188 Å². The number of rotatable bonds is 9. The second-order valence-corrected chi connectivity index (χ2v) is 16.4. The normalized spacial score (nSPS) is 12.5. The van der Waals surface area contributed by atoms with Gasteiger partial charge in [-0.3, -0.25) is 4.57 Å². The summed E-state index contributed by atoms with van der Waals surface area (Å²) in [7, 11) is 0. The smallest absolute Gasteiger partial charge is 0.138 e. The summed E-state index contributed by atoms with van der Waals surface area (Å²) in [4.78, 5) is 11.9. The molecule has 0 unspecified atom stereocenters. The lowest BCUT2D eigenvalue weighted by molar-refractivity contribution is 0.156. The third-order valence-electron chi connectivity index (χ3n) is 12.8. The Labute approximate surface area is 378 Å². The van der Waals surface area contributed by atoms with Crippen LogP contribution in [0.25, 0.3) is 49.9 Å². The highest BCUT2D eigenvalue weighted by molar-refractivity contribution is 6.09.